The Morgan fingerprint density at radius 3 is 2.65 bits per heavy atom. The van der Waals surface area contributed by atoms with Gasteiger partial charge in [0, 0.05) is 10.6 Å². The second-order valence-corrected chi connectivity index (χ2v) is 4.73. The maximum absolute atomic E-state index is 11.0. The number of carboxylic acids is 1. The fourth-order valence-electron chi connectivity index (χ4n) is 1.56. The Balaban J connectivity index is 2.16. The van der Waals surface area contributed by atoms with Crippen molar-refractivity contribution < 1.29 is 9.90 Å². The van der Waals surface area contributed by atoms with Crippen LogP contribution in [0.2, 0.25) is 10.0 Å². The fourth-order valence-corrected chi connectivity index (χ4v) is 2.01. The lowest BCUT2D eigenvalue weighted by Crippen LogP contribution is -2.02. The highest BCUT2D eigenvalue weighted by atomic mass is 35.5. The van der Waals surface area contributed by atoms with Gasteiger partial charge in [-0.2, -0.15) is 5.10 Å². The fraction of sp³-hybridized carbons (Fsp3) is 0. The van der Waals surface area contributed by atoms with Crippen molar-refractivity contribution in [3.63, 3.8) is 0 Å². The van der Waals surface area contributed by atoms with Crippen molar-refractivity contribution in [1.29, 1.82) is 0 Å². The molecule has 2 N–H and O–H groups in total. The van der Waals surface area contributed by atoms with Crippen molar-refractivity contribution in [1.82, 2.24) is 0 Å². The Bertz CT molecular complexity index is 672. The van der Waals surface area contributed by atoms with Gasteiger partial charge >= 0.3 is 5.97 Å². The first-order valence-corrected chi connectivity index (χ1v) is 6.40. The normalized spacial score (nSPS) is 10.7. The third kappa shape index (κ3) is 3.50. The van der Waals surface area contributed by atoms with E-state index in [0.717, 1.165) is 0 Å². The van der Waals surface area contributed by atoms with Gasteiger partial charge in [0.1, 0.15) is 0 Å². The van der Waals surface area contributed by atoms with E-state index in [0.29, 0.717) is 21.3 Å². The summed E-state index contributed by atoms with van der Waals surface area (Å²) in [4.78, 5) is 11.0. The van der Waals surface area contributed by atoms with Crippen LogP contribution in [-0.4, -0.2) is 17.3 Å². The van der Waals surface area contributed by atoms with Crippen LogP contribution in [-0.2, 0) is 0 Å². The molecule has 0 atom stereocenters. The van der Waals surface area contributed by atoms with E-state index < -0.39 is 5.97 Å². The average molecular weight is 309 g/mol. The molecule has 0 aromatic heterocycles. The first kappa shape index (κ1) is 14.4. The molecule has 102 valence electrons. The summed E-state index contributed by atoms with van der Waals surface area (Å²) >= 11 is 11.8. The number of carboxylic acid groups (broad SMARTS) is 1. The van der Waals surface area contributed by atoms with E-state index in [9.17, 15) is 4.79 Å². The molecule has 0 aliphatic carbocycles. The predicted octanol–water partition coefficient (Wildman–Crippen LogP) is 4.14. The Labute approximate surface area is 125 Å². The molecule has 20 heavy (non-hydrogen) atoms. The molecule has 0 saturated heterocycles. The van der Waals surface area contributed by atoms with E-state index in [1.54, 1.807) is 36.4 Å². The van der Waals surface area contributed by atoms with Crippen LogP contribution in [0.4, 0.5) is 5.69 Å². The summed E-state index contributed by atoms with van der Waals surface area (Å²) in [5.74, 6) is -1.00. The summed E-state index contributed by atoms with van der Waals surface area (Å²) in [5.41, 5.74) is 4.00. The number of carbonyl (C=O) groups is 1. The molecule has 0 fully saturated rings. The minimum atomic E-state index is -1.00. The van der Waals surface area contributed by atoms with Crippen molar-refractivity contribution in [2.24, 2.45) is 5.10 Å². The minimum absolute atomic E-state index is 0.181. The van der Waals surface area contributed by atoms with Gasteiger partial charge in [0.15, 0.2) is 0 Å². The number of aromatic carboxylic acids is 1. The SMILES string of the molecule is O=C(O)c1ccccc1/C=N/Nc1ccc(Cl)cc1Cl. The van der Waals surface area contributed by atoms with Crippen LogP contribution in [0.15, 0.2) is 47.6 Å². The second-order valence-electron chi connectivity index (χ2n) is 3.89. The Morgan fingerprint density at radius 1 is 1.20 bits per heavy atom. The topological polar surface area (TPSA) is 61.7 Å². The van der Waals surface area contributed by atoms with E-state index >= 15 is 0 Å². The zero-order chi connectivity index (χ0) is 14.5. The van der Waals surface area contributed by atoms with Crippen LogP contribution in [0.1, 0.15) is 15.9 Å². The van der Waals surface area contributed by atoms with Gasteiger partial charge in [-0.1, -0.05) is 41.4 Å². The third-order valence-electron chi connectivity index (χ3n) is 2.51. The van der Waals surface area contributed by atoms with Crippen molar-refractivity contribution in [3.05, 3.63) is 63.6 Å². The van der Waals surface area contributed by atoms with Gasteiger partial charge < -0.3 is 5.11 Å². The largest absolute Gasteiger partial charge is 0.478 e. The smallest absolute Gasteiger partial charge is 0.336 e. The van der Waals surface area contributed by atoms with E-state index in [-0.39, 0.29) is 5.56 Å². The highest BCUT2D eigenvalue weighted by Crippen LogP contribution is 2.25. The van der Waals surface area contributed by atoms with Crippen molar-refractivity contribution in [2.45, 2.75) is 0 Å². The average Bonchev–Trinajstić information content (AvgIpc) is 2.41. The van der Waals surface area contributed by atoms with E-state index in [1.807, 2.05) is 0 Å². The molecule has 0 radical (unpaired) electrons. The minimum Gasteiger partial charge on any atom is -0.478 e. The summed E-state index contributed by atoms with van der Waals surface area (Å²) in [5, 5.41) is 14.0. The zero-order valence-electron chi connectivity index (χ0n) is 10.2. The molecule has 2 rings (SSSR count). The number of hydrogen-bond donors (Lipinski definition) is 2. The number of anilines is 1. The summed E-state index contributed by atoms with van der Waals surface area (Å²) in [6.45, 7) is 0. The maximum Gasteiger partial charge on any atom is 0.336 e. The molecule has 4 nitrogen and oxygen atoms in total. The number of hydrogen-bond acceptors (Lipinski definition) is 3. The quantitative estimate of drug-likeness (QED) is 0.659. The van der Waals surface area contributed by atoms with Gasteiger partial charge in [0.05, 0.1) is 22.5 Å². The van der Waals surface area contributed by atoms with Crippen LogP contribution in [0, 0.1) is 0 Å². The first-order chi connectivity index (χ1) is 9.58. The number of rotatable bonds is 4. The molecule has 0 aliphatic heterocycles. The van der Waals surface area contributed by atoms with Crippen molar-refractivity contribution in [3.8, 4) is 0 Å². The standard InChI is InChI=1S/C14H10Cl2N2O2/c15-10-5-6-13(12(16)7-10)18-17-8-9-3-1-2-4-11(9)14(19)20/h1-8,18H,(H,19,20)/b17-8+. The molecule has 6 heteroatoms. The number of benzene rings is 2. The molecule has 0 amide bonds. The molecule has 0 heterocycles. The van der Waals surface area contributed by atoms with Crippen LogP contribution < -0.4 is 5.43 Å². The van der Waals surface area contributed by atoms with Gasteiger partial charge in [0.25, 0.3) is 0 Å². The molecular formula is C14H10Cl2N2O2. The lowest BCUT2D eigenvalue weighted by atomic mass is 10.1. The summed E-state index contributed by atoms with van der Waals surface area (Å²) in [6.07, 6.45) is 1.42. The highest BCUT2D eigenvalue weighted by Gasteiger charge is 2.06. The summed E-state index contributed by atoms with van der Waals surface area (Å²) in [6, 6.07) is 11.5. The van der Waals surface area contributed by atoms with Crippen LogP contribution in [0.5, 0.6) is 0 Å². The zero-order valence-corrected chi connectivity index (χ0v) is 11.7. The molecule has 0 bridgehead atoms. The summed E-state index contributed by atoms with van der Waals surface area (Å²) in [7, 11) is 0. The van der Waals surface area contributed by atoms with Gasteiger partial charge in [0.2, 0.25) is 0 Å². The van der Waals surface area contributed by atoms with Crippen LogP contribution in [0.25, 0.3) is 0 Å². The molecule has 2 aromatic carbocycles. The lowest BCUT2D eigenvalue weighted by molar-refractivity contribution is 0.0697. The first-order valence-electron chi connectivity index (χ1n) is 5.64. The number of hydrazone groups is 1. The van der Waals surface area contributed by atoms with E-state index in [1.165, 1.54) is 12.3 Å². The van der Waals surface area contributed by atoms with Gasteiger partial charge in [-0.3, -0.25) is 5.43 Å². The van der Waals surface area contributed by atoms with Crippen molar-refractivity contribution in [2.75, 3.05) is 5.43 Å². The number of halogens is 2. The molecule has 0 spiro atoms. The van der Waals surface area contributed by atoms with Crippen LogP contribution in [0.3, 0.4) is 0 Å². The molecule has 2 aromatic rings. The predicted molar refractivity (Wildman–Crippen MR) is 81.1 cm³/mol. The highest BCUT2D eigenvalue weighted by molar-refractivity contribution is 6.36. The van der Waals surface area contributed by atoms with E-state index in [2.05, 4.69) is 10.5 Å². The summed E-state index contributed by atoms with van der Waals surface area (Å²) < 4.78 is 0. The number of nitrogens with zero attached hydrogens (tertiary/aromatic N) is 1. The third-order valence-corrected chi connectivity index (χ3v) is 3.06. The van der Waals surface area contributed by atoms with Crippen molar-refractivity contribution >= 4 is 41.1 Å². The molecule has 0 saturated carbocycles. The van der Waals surface area contributed by atoms with Gasteiger partial charge in [-0.15, -0.1) is 0 Å². The lowest BCUT2D eigenvalue weighted by Gasteiger charge is -2.04. The monoisotopic (exact) mass is 308 g/mol. The second kappa shape index (κ2) is 6.41. The van der Waals surface area contributed by atoms with Gasteiger partial charge in [-0.25, -0.2) is 4.79 Å². The van der Waals surface area contributed by atoms with Gasteiger partial charge in [-0.05, 0) is 24.3 Å². The van der Waals surface area contributed by atoms with E-state index in [4.69, 9.17) is 28.3 Å². The van der Waals surface area contributed by atoms with Crippen LogP contribution >= 0.6 is 23.2 Å². The molecule has 0 aliphatic rings. The molecule has 0 unspecified atom stereocenters. The number of nitrogens with one attached hydrogen (secondary N) is 1. The maximum atomic E-state index is 11.0. The Kier molecular flexibility index (Phi) is 4.61. The molecular weight excluding hydrogens is 299 g/mol. The Morgan fingerprint density at radius 2 is 1.95 bits per heavy atom. The Hall–Kier alpha value is -2.04.